The molecule has 1 unspecified atom stereocenters. The summed E-state index contributed by atoms with van der Waals surface area (Å²) in [5, 5.41) is 16.3. The summed E-state index contributed by atoms with van der Waals surface area (Å²) in [6, 6.07) is 7.43. The van der Waals surface area contributed by atoms with Gasteiger partial charge in [-0.05, 0) is 31.0 Å². The zero-order valence-corrected chi connectivity index (χ0v) is 11.5. The van der Waals surface area contributed by atoms with Crippen molar-refractivity contribution in [1.82, 2.24) is 25.9 Å². The molecule has 0 aliphatic rings. The van der Waals surface area contributed by atoms with E-state index in [1.807, 2.05) is 31.2 Å². The number of aromatic amines is 1. The fourth-order valence-corrected chi connectivity index (χ4v) is 1.82. The lowest BCUT2D eigenvalue weighted by Gasteiger charge is -2.10. The van der Waals surface area contributed by atoms with Crippen LogP contribution in [0.2, 0.25) is 0 Å². The lowest BCUT2D eigenvalue weighted by Crippen LogP contribution is -2.27. The molecule has 0 aliphatic carbocycles. The standard InChI is InChI=1S/C13H17N5O2/c1-9(13-15-17-18-16-13)14-12(19)7-6-10-4-3-5-11(8-10)20-2/h3-5,8-9H,6-7H2,1-2H3,(H,14,19)(H,15,16,17,18). The number of nitrogens with one attached hydrogen (secondary N) is 2. The van der Waals surface area contributed by atoms with E-state index in [-0.39, 0.29) is 11.9 Å². The van der Waals surface area contributed by atoms with Crippen molar-refractivity contribution >= 4 is 5.91 Å². The molecular weight excluding hydrogens is 258 g/mol. The predicted molar refractivity (Wildman–Crippen MR) is 72.1 cm³/mol. The Bertz CT molecular complexity index is 556. The number of aryl methyl sites for hydroxylation is 1. The lowest BCUT2D eigenvalue weighted by atomic mass is 10.1. The predicted octanol–water partition coefficient (Wildman–Crippen LogP) is 1.02. The zero-order valence-electron chi connectivity index (χ0n) is 11.5. The molecule has 1 aromatic heterocycles. The normalized spacial score (nSPS) is 11.9. The molecule has 0 fully saturated rings. The number of benzene rings is 1. The highest BCUT2D eigenvalue weighted by Gasteiger charge is 2.13. The Morgan fingerprint density at radius 3 is 3.05 bits per heavy atom. The molecule has 0 saturated heterocycles. The molecule has 1 atom stereocenters. The minimum absolute atomic E-state index is 0.0508. The molecule has 0 radical (unpaired) electrons. The molecule has 0 bridgehead atoms. The number of hydrogen-bond donors (Lipinski definition) is 2. The number of amides is 1. The lowest BCUT2D eigenvalue weighted by molar-refractivity contribution is -0.121. The van der Waals surface area contributed by atoms with Gasteiger partial charge in [0.1, 0.15) is 5.75 Å². The van der Waals surface area contributed by atoms with Gasteiger partial charge in [0.25, 0.3) is 0 Å². The van der Waals surface area contributed by atoms with Crippen molar-refractivity contribution < 1.29 is 9.53 Å². The number of hydrogen-bond acceptors (Lipinski definition) is 5. The summed E-state index contributed by atoms with van der Waals surface area (Å²) < 4.78 is 5.15. The molecule has 0 aliphatic heterocycles. The van der Waals surface area contributed by atoms with Gasteiger partial charge >= 0.3 is 0 Å². The quantitative estimate of drug-likeness (QED) is 0.821. The molecule has 2 N–H and O–H groups in total. The molecule has 0 saturated carbocycles. The highest BCUT2D eigenvalue weighted by Crippen LogP contribution is 2.14. The first-order chi connectivity index (χ1) is 9.69. The van der Waals surface area contributed by atoms with Crippen LogP contribution in [-0.4, -0.2) is 33.6 Å². The molecular formula is C13H17N5O2. The van der Waals surface area contributed by atoms with Crippen LogP contribution < -0.4 is 10.1 Å². The van der Waals surface area contributed by atoms with Crippen molar-refractivity contribution in [3.63, 3.8) is 0 Å². The van der Waals surface area contributed by atoms with Crippen molar-refractivity contribution in [2.24, 2.45) is 0 Å². The van der Waals surface area contributed by atoms with Gasteiger partial charge in [-0.3, -0.25) is 4.79 Å². The first-order valence-electron chi connectivity index (χ1n) is 6.34. The molecule has 2 aromatic rings. The summed E-state index contributed by atoms with van der Waals surface area (Å²) in [6.07, 6.45) is 1.05. The second-order valence-electron chi connectivity index (χ2n) is 4.41. The van der Waals surface area contributed by atoms with Crippen LogP contribution in [0.5, 0.6) is 5.75 Å². The molecule has 106 valence electrons. The van der Waals surface area contributed by atoms with Gasteiger partial charge in [-0.25, -0.2) is 0 Å². The van der Waals surface area contributed by atoms with E-state index in [0.717, 1.165) is 11.3 Å². The van der Waals surface area contributed by atoms with Gasteiger partial charge in [-0.2, -0.15) is 5.21 Å². The Balaban J connectivity index is 1.83. The maximum absolute atomic E-state index is 11.8. The molecule has 1 aromatic carbocycles. The molecule has 1 amide bonds. The van der Waals surface area contributed by atoms with E-state index < -0.39 is 0 Å². The van der Waals surface area contributed by atoms with Gasteiger partial charge in [0.2, 0.25) is 5.91 Å². The summed E-state index contributed by atoms with van der Waals surface area (Å²) in [5.41, 5.74) is 1.06. The summed E-state index contributed by atoms with van der Waals surface area (Å²) in [7, 11) is 1.62. The van der Waals surface area contributed by atoms with Crippen LogP contribution in [0, 0.1) is 0 Å². The van der Waals surface area contributed by atoms with E-state index in [4.69, 9.17) is 4.74 Å². The molecule has 0 spiro atoms. The summed E-state index contributed by atoms with van der Waals surface area (Å²) in [5.74, 6) is 1.22. The van der Waals surface area contributed by atoms with Crippen molar-refractivity contribution in [3.8, 4) is 5.75 Å². The summed E-state index contributed by atoms with van der Waals surface area (Å²) in [6.45, 7) is 1.81. The van der Waals surface area contributed by atoms with Crippen molar-refractivity contribution in [2.75, 3.05) is 7.11 Å². The Kier molecular flexibility index (Phi) is 4.65. The fourth-order valence-electron chi connectivity index (χ4n) is 1.82. The number of aromatic nitrogens is 4. The van der Waals surface area contributed by atoms with E-state index in [1.165, 1.54) is 0 Å². The highest BCUT2D eigenvalue weighted by molar-refractivity contribution is 5.76. The van der Waals surface area contributed by atoms with E-state index in [1.54, 1.807) is 7.11 Å². The molecule has 1 heterocycles. The number of H-pyrrole nitrogens is 1. The van der Waals surface area contributed by atoms with E-state index in [9.17, 15) is 4.79 Å². The van der Waals surface area contributed by atoms with Gasteiger partial charge < -0.3 is 10.1 Å². The largest absolute Gasteiger partial charge is 0.497 e. The third-order valence-corrected chi connectivity index (χ3v) is 2.90. The topological polar surface area (TPSA) is 92.8 Å². The van der Waals surface area contributed by atoms with Crippen LogP contribution in [0.15, 0.2) is 24.3 Å². The van der Waals surface area contributed by atoms with E-state index >= 15 is 0 Å². The number of tetrazole rings is 1. The van der Waals surface area contributed by atoms with Gasteiger partial charge in [-0.1, -0.05) is 17.3 Å². The molecule has 7 nitrogen and oxygen atoms in total. The second-order valence-corrected chi connectivity index (χ2v) is 4.41. The Morgan fingerprint density at radius 1 is 1.50 bits per heavy atom. The minimum atomic E-state index is -0.258. The van der Waals surface area contributed by atoms with Crippen LogP contribution in [0.1, 0.15) is 30.8 Å². The molecule has 7 heteroatoms. The maximum Gasteiger partial charge on any atom is 0.220 e. The van der Waals surface area contributed by atoms with Crippen LogP contribution in [0.4, 0.5) is 0 Å². The van der Waals surface area contributed by atoms with Crippen LogP contribution in [0.25, 0.3) is 0 Å². The van der Waals surface area contributed by atoms with Crippen LogP contribution in [-0.2, 0) is 11.2 Å². The number of ether oxygens (including phenoxy) is 1. The third-order valence-electron chi connectivity index (χ3n) is 2.90. The van der Waals surface area contributed by atoms with Crippen molar-refractivity contribution in [1.29, 1.82) is 0 Å². The SMILES string of the molecule is COc1cccc(CCC(=O)NC(C)c2nn[nH]n2)c1. The number of nitrogens with zero attached hydrogens (tertiary/aromatic N) is 3. The number of methoxy groups -OCH3 is 1. The maximum atomic E-state index is 11.8. The number of carbonyl (C=O) groups excluding carboxylic acids is 1. The summed E-state index contributed by atoms with van der Waals surface area (Å²) in [4.78, 5) is 11.8. The highest BCUT2D eigenvalue weighted by atomic mass is 16.5. The monoisotopic (exact) mass is 275 g/mol. The smallest absolute Gasteiger partial charge is 0.220 e. The first-order valence-corrected chi connectivity index (χ1v) is 6.34. The zero-order chi connectivity index (χ0) is 14.4. The van der Waals surface area contributed by atoms with Gasteiger partial charge in [0.15, 0.2) is 5.82 Å². The van der Waals surface area contributed by atoms with Gasteiger partial charge in [-0.15, -0.1) is 10.2 Å². The van der Waals surface area contributed by atoms with Crippen molar-refractivity contribution in [2.45, 2.75) is 25.8 Å². The average molecular weight is 275 g/mol. The Morgan fingerprint density at radius 2 is 2.35 bits per heavy atom. The van der Waals surface area contributed by atoms with E-state index in [2.05, 4.69) is 25.9 Å². The number of rotatable bonds is 6. The third kappa shape index (κ3) is 3.78. The van der Waals surface area contributed by atoms with Gasteiger partial charge in [0.05, 0.1) is 13.2 Å². The van der Waals surface area contributed by atoms with E-state index in [0.29, 0.717) is 18.7 Å². The van der Waals surface area contributed by atoms with Crippen molar-refractivity contribution in [3.05, 3.63) is 35.7 Å². The average Bonchev–Trinajstić information content (AvgIpc) is 2.99. The fraction of sp³-hybridized carbons (Fsp3) is 0.385. The minimum Gasteiger partial charge on any atom is -0.497 e. The van der Waals surface area contributed by atoms with Gasteiger partial charge in [0, 0.05) is 6.42 Å². The first kappa shape index (κ1) is 14.0. The van der Waals surface area contributed by atoms with Crippen LogP contribution in [0.3, 0.4) is 0 Å². The van der Waals surface area contributed by atoms with Crippen LogP contribution >= 0.6 is 0 Å². The Hall–Kier alpha value is -2.44. The summed E-state index contributed by atoms with van der Waals surface area (Å²) >= 11 is 0. The second kappa shape index (κ2) is 6.65. The molecule has 2 rings (SSSR count). The molecule has 20 heavy (non-hydrogen) atoms. The Labute approximate surface area is 116 Å². The number of carbonyl (C=O) groups is 1.